The first-order valence-electron chi connectivity index (χ1n) is 10.3. The third kappa shape index (κ3) is 4.01. The van der Waals surface area contributed by atoms with Crippen LogP contribution < -0.4 is 4.74 Å². The van der Waals surface area contributed by atoms with Gasteiger partial charge in [-0.2, -0.15) is 10.2 Å². The van der Waals surface area contributed by atoms with Crippen molar-refractivity contribution in [2.45, 2.75) is 18.6 Å². The first-order chi connectivity index (χ1) is 15.9. The summed E-state index contributed by atoms with van der Waals surface area (Å²) < 4.78 is 48.8. The van der Waals surface area contributed by atoms with Gasteiger partial charge < -0.3 is 9.64 Å². The number of rotatable bonds is 4. The minimum Gasteiger partial charge on any atom is -0.468 e. The predicted octanol–water partition coefficient (Wildman–Crippen LogP) is 3.52. The number of hydrogen-bond donors (Lipinski definition) is 0. The van der Waals surface area contributed by atoms with Gasteiger partial charge in [-0.15, -0.1) is 0 Å². The van der Waals surface area contributed by atoms with Crippen molar-refractivity contribution in [1.82, 2.24) is 24.7 Å². The number of urea groups is 1. The van der Waals surface area contributed by atoms with Crippen LogP contribution in [0, 0.1) is 17.5 Å². The summed E-state index contributed by atoms with van der Waals surface area (Å²) in [5.74, 6) is -2.20. The molecule has 0 aliphatic carbocycles. The molecule has 1 atom stereocenters. The van der Waals surface area contributed by atoms with Crippen LogP contribution in [0.4, 0.5) is 18.0 Å². The van der Waals surface area contributed by atoms with E-state index < -0.39 is 35.6 Å². The van der Waals surface area contributed by atoms with Crippen molar-refractivity contribution >= 4 is 12.2 Å². The van der Waals surface area contributed by atoms with Crippen LogP contribution in [0.2, 0.25) is 0 Å². The Morgan fingerprint density at radius 1 is 1.09 bits per heavy atom. The summed E-state index contributed by atoms with van der Waals surface area (Å²) in [7, 11) is 1.75. The summed E-state index contributed by atoms with van der Waals surface area (Å²) in [5, 5.41) is 9.36. The van der Waals surface area contributed by atoms with Crippen molar-refractivity contribution < 1.29 is 22.7 Å². The molecule has 0 saturated carbocycles. The lowest BCUT2D eigenvalue weighted by molar-refractivity contribution is 0.0231. The van der Waals surface area contributed by atoms with Gasteiger partial charge in [-0.3, -0.25) is 4.68 Å². The van der Waals surface area contributed by atoms with Gasteiger partial charge in [0.1, 0.15) is 17.7 Å². The standard InChI is InChI=1S/C22H19F3N6O2/c1-29-20(5-6-26-29)18-3-2-17(25)21(28-18)33-16-11-30(12-16)22(32)31-19(4-7-27-31)13-8-14(23)10-15(24)9-13/h2-3,5-10,16,19H,4,11-12H2,1H3. The van der Waals surface area contributed by atoms with Crippen LogP contribution in [0.25, 0.3) is 11.4 Å². The molecule has 0 N–H and O–H groups in total. The molecule has 170 valence electrons. The lowest BCUT2D eigenvalue weighted by Gasteiger charge is -2.40. The lowest BCUT2D eigenvalue weighted by Crippen LogP contribution is -2.59. The average molecular weight is 456 g/mol. The zero-order chi connectivity index (χ0) is 23.1. The fraction of sp³-hybridized carbons (Fsp3) is 0.273. The number of pyridine rings is 1. The number of halogens is 3. The summed E-state index contributed by atoms with van der Waals surface area (Å²) in [6.45, 7) is 0.401. The van der Waals surface area contributed by atoms with Gasteiger partial charge in [-0.25, -0.2) is 28.0 Å². The molecule has 1 unspecified atom stereocenters. The second-order valence-electron chi connectivity index (χ2n) is 7.85. The lowest BCUT2D eigenvalue weighted by atomic mass is 10.0. The number of aromatic nitrogens is 3. The third-order valence-corrected chi connectivity index (χ3v) is 5.59. The van der Waals surface area contributed by atoms with E-state index in [1.54, 1.807) is 24.0 Å². The van der Waals surface area contributed by atoms with Gasteiger partial charge in [-0.1, -0.05) is 0 Å². The van der Waals surface area contributed by atoms with E-state index >= 15 is 0 Å². The second kappa shape index (κ2) is 8.23. The molecule has 2 aromatic heterocycles. The van der Waals surface area contributed by atoms with Gasteiger partial charge in [0.05, 0.1) is 30.5 Å². The molecule has 1 saturated heterocycles. The minimum atomic E-state index is -0.718. The quantitative estimate of drug-likeness (QED) is 0.602. The largest absolute Gasteiger partial charge is 0.468 e. The topological polar surface area (TPSA) is 75.8 Å². The number of benzene rings is 1. The fourth-order valence-corrected chi connectivity index (χ4v) is 3.89. The molecule has 0 spiro atoms. The highest BCUT2D eigenvalue weighted by Gasteiger charge is 2.39. The SMILES string of the molecule is Cn1nccc1-c1ccc(F)c(OC2CN(C(=O)N3N=CCC3c3cc(F)cc(F)c3)C2)n1. The number of amides is 2. The van der Waals surface area contributed by atoms with Crippen LogP contribution in [-0.2, 0) is 7.05 Å². The van der Waals surface area contributed by atoms with Crippen molar-refractivity contribution in [3.8, 4) is 17.3 Å². The average Bonchev–Trinajstić information content (AvgIpc) is 3.39. The van der Waals surface area contributed by atoms with E-state index in [-0.39, 0.29) is 19.0 Å². The normalized spacial score (nSPS) is 18.0. The molecular weight excluding hydrogens is 437 g/mol. The number of ether oxygens (including phenoxy) is 1. The monoisotopic (exact) mass is 456 g/mol. The molecule has 33 heavy (non-hydrogen) atoms. The molecule has 1 aromatic carbocycles. The fourth-order valence-electron chi connectivity index (χ4n) is 3.89. The Balaban J connectivity index is 1.24. The van der Waals surface area contributed by atoms with Crippen LogP contribution >= 0.6 is 0 Å². The van der Waals surface area contributed by atoms with Gasteiger partial charge in [0.25, 0.3) is 5.88 Å². The summed E-state index contributed by atoms with van der Waals surface area (Å²) in [4.78, 5) is 18.6. The molecular formula is C22H19F3N6O2. The van der Waals surface area contributed by atoms with Gasteiger partial charge in [0.15, 0.2) is 5.82 Å². The maximum absolute atomic E-state index is 14.3. The Labute approximate surface area is 186 Å². The van der Waals surface area contributed by atoms with E-state index in [9.17, 15) is 18.0 Å². The van der Waals surface area contributed by atoms with Crippen molar-refractivity contribution in [2.24, 2.45) is 12.1 Å². The van der Waals surface area contributed by atoms with E-state index in [0.717, 1.165) is 6.07 Å². The molecule has 0 bridgehead atoms. The van der Waals surface area contributed by atoms with Crippen LogP contribution in [0.5, 0.6) is 5.88 Å². The third-order valence-electron chi connectivity index (χ3n) is 5.59. The number of carbonyl (C=O) groups is 1. The molecule has 0 radical (unpaired) electrons. The van der Waals surface area contributed by atoms with Crippen LogP contribution in [0.1, 0.15) is 18.0 Å². The van der Waals surface area contributed by atoms with Gasteiger partial charge in [0.2, 0.25) is 0 Å². The zero-order valence-corrected chi connectivity index (χ0v) is 17.5. The molecule has 4 heterocycles. The Morgan fingerprint density at radius 2 is 1.85 bits per heavy atom. The van der Waals surface area contributed by atoms with Crippen LogP contribution in [0.15, 0.2) is 47.7 Å². The Hall–Kier alpha value is -3.89. The minimum absolute atomic E-state index is 0.155. The second-order valence-corrected chi connectivity index (χ2v) is 7.85. The zero-order valence-electron chi connectivity index (χ0n) is 17.5. The van der Waals surface area contributed by atoms with Crippen molar-refractivity contribution in [1.29, 1.82) is 0 Å². The molecule has 5 rings (SSSR count). The van der Waals surface area contributed by atoms with Gasteiger partial charge in [-0.05, 0) is 35.9 Å². The van der Waals surface area contributed by atoms with Crippen LogP contribution in [0.3, 0.4) is 0 Å². The van der Waals surface area contributed by atoms with E-state index in [1.165, 1.54) is 40.4 Å². The maximum Gasteiger partial charge on any atom is 0.341 e. The Kier molecular flexibility index (Phi) is 5.23. The highest BCUT2D eigenvalue weighted by molar-refractivity contribution is 5.79. The summed E-state index contributed by atoms with van der Waals surface area (Å²) in [6.07, 6.45) is 3.04. The van der Waals surface area contributed by atoms with E-state index in [1.807, 2.05) is 0 Å². The van der Waals surface area contributed by atoms with Crippen LogP contribution in [-0.4, -0.2) is 56.1 Å². The smallest absolute Gasteiger partial charge is 0.341 e. The van der Waals surface area contributed by atoms with Gasteiger partial charge >= 0.3 is 6.03 Å². The van der Waals surface area contributed by atoms with E-state index in [0.29, 0.717) is 23.4 Å². The van der Waals surface area contributed by atoms with Crippen molar-refractivity contribution in [3.63, 3.8) is 0 Å². The molecule has 8 nitrogen and oxygen atoms in total. The number of hydrogen-bond acceptors (Lipinski definition) is 5. The number of carbonyl (C=O) groups excluding carboxylic acids is 1. The first kappa shape index (κ1) is 21.0. The highest BCUT2D eigenvalue weighted by atomic mass is 19.1. The molecule has 2 aliphatic rings. The molecule has 2 aliphatic heterocycles. The van der Waals surface area contributed by atoms with Gasteiger partial charge in [0, 0.05) is 31.9 Å². The molecule has 1 fully saturated rings. The molecule has 3 aromatic rings. The molecule has 2 amide bonds. The summed E-state index contributed by atoms with van der Waals surface area (Å²) >= 11 is 0. The summed E-state index contributed by atoms with van der Waals surface area (Å²) in [6, 6.07) is 6.70. The Bertz CT molecular complexity index is 1220. The van der Waals surface area contributed by atoms with E-state index in [4.69, 9.17) is 4.74 Å². The predicted molar refractivity (Wildman–Crippen MR) is 112 cm³/mol. The Morgan fingerprint density at radius 3 is 2.55 bits per heavy atom. The number of aryl methyl sites for hydroxylation is 1. The van der Waals surface area contributed by atoms with Crippen molar-refractivity contribution in [3.05, 3.63) is 65.6 Å². The summed E-state index contributed by atoms with van der Waals surface area (Å²) in [5.41, 5.74) is 1.54. The first-order valence-corrected chi connectivity index (χ1v) is 10.3. The number of likely N-dealkylation sites (tertiary alicyclic amines) is 1. The van der Waals surface area contributed by atoms with E-state index in [2.05, 4.69) is 15.2 Å². The number of nitrogens with zero attached hydrogens (tertiary/aromatic N) is 6. The molecule has 11 heteroatoms. The van der Waals surface area contributed by atoms with Crippen molar-refractivity contribution in [2.75, 3.05) is 13.1 Å². The maximum atomic E-state index is 14.3. The highest BCUT2D eigenvalue weighted by Crippen LogP contribution is 2.32. The number of hydrazone groups is 1.